The number of aliphatic hydroxyl groups excluding tert-OH is 1. The first-order valence-electron chi connectivity index (χ1n) is 7.58. The fraction of sp³-hybridized carbons (Fsp3) is 0.176. The Balaban J connectivity index is 1.76. The maximum atomic E-state index is 8.85. The predicted octanol–water partition coefficient (Wildman–Crippen LogP) is 2.93. The van der Waals surface area contributed by atoms with Gasteiger partial charge in [0.2, 0.25) is 5.95 Å². The number of pyridine rings is 1. The first-order chi connectivity index (χ1) is 11.8. The van der Waals surface area contributed by atoms with E-state index in [9.17, 15) is 0 Å². The largest absolute Gasteiger partial charge is 0.396 e. The summed E-state index contributed by atoms with van der Waals surface area (Å²) in [7, 11) is 0. The van der Waals surface area contributed by atoms with Crippen LogP contribution in [-0.2, 0) is 0 Å². The van der Waals surface area contributed by atoms with Crippen molar-refractivity contribution in [1.82, 2.24) is 15.0 Å². The van der Waals surface area contributed by atoms with Crippen molar-refractivity contribution in [2.24, 2.45) is 0 Å². The molecule has 0 unspecified atom stereocenters. The molecule has 0 aromatic carbocycles. The second-order valence-corrected chi connectivity index (χ2v) is 7.06. The molecule has 1 aliphatic heterocycles. The van der Waals surface area contributed by atoms with Gasteiger partial charge >= 0.3 is 0 Å². The lowest BCUT2D eigenvalue weighted by Gasteiger charge is -2.09. The minimum absolute atomic E-state index is 0.0148. The van der Waals surface area contributed by atoms with E-state index in [2.05, 4.69) is 39.8 Å². The van der Waals surface area contributed by atoms with Gasteiger partial charge in [-0.15, -0.1) is 0 Å². The van der Waals surface area contributed by atoms with Crippen LogP contribution in [0.25, 0.3) is 11.3 Å². The van der Waals surface area contributed by atoms with Crippen molar-refractivity contribution in [3.8, 4) is 11.3 Å². The molecule has 3 rings (SSSR count). The monoisotopic (exact) mass is 435 g/mol. The summed E-state index contributed by atoms with van der Waals surface area (Å²) >= 11 is -0.0148. The highest BCUT2D eigenvalue weighted by molar-refractivity contribution is 14.2. The van der Waals surface area contributed by atoms with Gasteiger partial charge in [0, 0.05) is 36.8 Å². The van der Waals surface area contributed by atoms with Gasteiger partial charge in [-0.2, -0.15) is 0 Å². The number of anilines is 2. The van der Waals surface area contributed by atoms with Crippen LogP contribution in [0.3, 0.4) is 0 Å². The van der Waals surface area contributed by atoms with Gasteiger partial charge in [0.1, 0.15) is 5.82 Å². The molecule has 2 aromatic rings. The maximum Gasteiger partial charge on any atom is 0.227 e. The van der Waals surface area contributed by atoms with Crippen LogP contribution >= 0.6 is 20.7 Å². The summed E-state index contributed by atoms with van der Waals surface area (Å²) in [6.07, 6.45) is 8.27. The number of nitrogens with one attached hydrogen (secondary N) is 2. The van der Waals surface area contributed by atoms with Crippen LogP contribution in [0.15, 0.2) is 52.5 Å². The minimum atomic E-state index is -0.0148. The molecule has 1 aliphatic rings. The fourth-order valence-corrected chi connectivity index (χ4v) is 3.49. The van der Waals surface area contributed by atoms with Crippen LogP contribution in [0.1, 0.15) is 6.42 Å². The number of allylic oxidation sites excluding steroid dienone is 3. The van der Waals surface area contributed by atoms with Crippen molar-refractivity contribution in [3.05, 3.63) is 52.5 Å². The van der Waals surface area contributed by atoms with Crippen LogP contribution in [-0.4, -0.2) is 37.2 Å². The molecular formula is C17H18IN5O. The summed E-state index contributed by atoms with van der Waals surface area (Å²) in [6.45, 7) is 0.849. The van der Waals surface area contributed by atoms with Gasteiger partial charge in [0.15, 0.2) is 0 Å². The smallest absolute Gasteiger partial charge is 0.227 e. The Labute approximate surface area is 150 Å². The number of halogens is 1. The lowest BCUT2D eigenvalue weighted by Crippen LogP contribution is -2.06. The Hall–Kier alpha value is -2.13. The van der Waals surface area contributed by atoms with E-state index in [1.807, 2.05) is 24.3 Å². The van der Waals surface area contributed by atoms with Crippen molar-refractivity contribution in [2.75, 3.05) is 23.8 Å². The molecule has 24 heavy (non-hydrogen) atoms. The number of aliphatic hydroxyl groups is 1. The van der Waals surface area contributed by atoms with E-state index in [1.54, 1.807) is 12.4 Å². The molecule has 0 atom stereocenters. The average Bonchev–Trinajstić information content (AvgIpc) is 2.63. The van der Waals surface area contributed by atoms with E-state index in [4.69, 9.17) is 5.11 Å². The Morgan fingerprint density at radius 1 is 1.17 bits per heavy atom. The number of nitrogens with zero attached hydrogens (tertiary/aromatic N) is 3. The van der Waals surface area contributed by atoms with Crippen molar-refractivity contribution >= 4 is 36.5 Å². The van der Waals surface area contributed by atoms with E-state index in [-0.39, 0.29) is 27.3 Å². The average molecular weight is 435 g/mol. The van der Waals surface area contributed by atoms with E-state index in [0.717, 1.165) is 22.8 Å². The second-order valence-electron chi connectivity index (χ2n) is 5.00. The van der Waals surface area contributed by atoms with E-state index >= 15 is 0 Å². The molecule has 3 heterocycles. The third-order valence-electron chi connectivity index (χ3n) is 3.21. The van der Waals surface area contributed by atoms with Crippen LogP contribution in [0.2, 0.25) is 0 Å². The molecule has 2 aromatic heterocycles. The molecule has 0 saturated carbocycles. The number of aromatic nitrogens is 3. The van der Waals surface area contributed by atoms with Crippen LogP contribution in [0.5, 0.6) is 0 Å². The van der Waals surface area contributed by atoms with Gasteiger partial charge in [0.25, 0.3) is 0 Å². The lowest BCUT2D eigenvalue weighted by molar-refractivity contribution is 0.292. The summed E-state index contributed by atoms with van der Waals surface area (Å²) in [5.41, 5.74) is 2.85. The molecule has 0 saturated heterocycles. The molecule has 0 aliphatic carbocycles. The lowest BCUT2D eigenvalue weighted by atomic mass is 10.2. The Morgan fingerprint density at radius 2 is 2.08 bits per heavy atom. The van der Waals surface area contributed by atoms with Crippen molar-refractivity contribution < 1.29 is 5.11 Å². The first kappa shape index (κ1) is 16.7. The summed E-state index contributed by atoms with van der Waals surface area (Å²) in [6, 6.07) is 5.75. The summed E-state index contributed by atoms with van der Waals surface area (Å²) in [5.74, 6) is 1.35. The van der Waals surface area contributed by atoms with Crippen LogP contribution in [0, 0.1) is 0 Å². The topological polar surface area (TPSA) is 83.0 Å². The molecule has 0 spiro atoms. The zero-order valence-electron chi connectivity index (χ0n) is 13.0. The molecule has 0 bridgehead atoms. The van der Waals surface area contributed by atoms with Crippen LogP contribution < -0.4 is 10.6 Å². The molecule has 7 heteroatoms. The van der Waals surface area contributed by atoms with E-state index in [0.29, 0.717) is 18.9 Å². The third-order valence-corrected chi connectivity index (χ3v) is 5.07. The zero-order chi connectivity index (χ0) is 16.6. The SMILES string of the molecule is OCCCNc1cc(-c2ccnc(NC3=CC=CI=C3)n2)ccn1. The van der Waals surface area contributed by atoms with Gasteiger partial charge in [-0.1, -0.05) is 26.8 Å². The molecule has 0 radical (unpaired) electrons. The van der Waals surface area contributed by atoms with Crippen molar-refractivity contribution in [3.63, 3.8) is 0 Å². The Morgan fingerprint density at radius 3 is 2.92 bits per heavy atom. The first-order valence-corrected chi connectivity index (χ1v) is 10.1. The normalized spacial score (nSPS) is 13.1. The fourth-order valence-electron chi connectivity index (χ4n) is 2.08. The molecule has 0 amide bonds. The van der Waals surface area contributed by atoms with Crippen molar-refractivity contribution in [1.29, 1.82) is 0 Å². The predicted molar refractivity (Wildman–Crippen MR) is 106 cm³/mol. The summed E-state index contributed by atoms with van der Waals surface area (Å²) < 4.78 is 4.40. The Kier molecular flexibility index (Phi) is 6.02. The highest BCUT2D eigenvalue weighted by Crippen LogP contribution is 2.20. The van der Waals surface area contributed by atoms with Gasteiger partial charge < -0.3 is 15.7 Å². The molecule has 124 valence electrons. The van der Waals surface area contributed by atoms with Crippen molar-refractivity contribution in [2.45, 2.75) is 6.42 Å². The van der Waals surface area contributed by atoms with E-state index in [1.165, 1.54) is 0 Å². The molecular weight excluding hydrogens is 417 g/mol. The quantitative estimate of drug-likeness (QED) is 0.459. The van der Waals surface area contributed by atoms with Gasteiger partial charge in [-0.25, -0.2) is 15.0 Å². The standard InChI is InChI=1S/C17H18IN5O/c24-10-2-7-19-16-11-13(4-8-20-16)15-5-9-21-17(23-15)22-14-3-1-6-18-12-14/h1,3-6,8-9,11-12,24H,2,7,10H2,(H,19,20)(H,21,22,23). The third kappa shape index (κ3) is 4.68. The molecule has 6 nitrogen and oxygen atoms in total. The van der Waals surface area contributed by atoms with Gasteiger partial charge in [-0.3, -0.25) is 0 Å². The highest BCUT2D eigenvalue weighted by atomic mass is 127. The van der Waals surface area contributed by atoms with Gasteiger partial charge in [0.05, 0.1) is 5.69 Å². The van der Waals surface area contributed by atoms with E-state index < -0.39 is 0 Å². The second kappa shape index (κ2) is 8.65. The number of hydrogen-bond acceptors (Lipinski definition) is 6. The Bertz CT molecular complexity index is 788. The maximum absolute atomic E-state index is 8.85. The summed E-state index contributed by atoms with van der Waals surface area (Å²) in [5, 5.41) is 15.3. The highest BCUT2D eigenvalue weighted by Gasteiger charge is 2.05. The van der Waals surface area contributed by atoms with Gasteiger partial charge in [-0.05, 0) is 38.8 Å². The van der Waals surface area contributed by atoms with Crippen LogP contribution in [0.4, 0.5) is 11.8 Å². The minimum Gasteiger partial charge on any atom is -0.396 e. The molecule has 0 fully saturated rings. The number of hydrogen-bond donors (Lipinski definition) is 3. The zero-order valence-corrected chi connectivity index (χ0v) is 15.1. The molecule has 3 N–H and O–H groups in total. The summed E-state index contributed by atoms with van der Waals surface area (Å²) in [4.78, 5) is 13.2. The number of rotatable bonds is 7.